The van der Waals surface area contributed by atoms with E-state index in [9.17, 15) is 0 Å². The Hall–Kier alpha value is -1.42. The molecule has 2 aromatic rings. The number of aromatic nitrogens is 2. The summed E-state index contributed by atoms with van der Waals surface area (Å²) >= 11 is 1.87. The van der Waals surface area contributed by atoms with E-state index in [1.54, 1.807) is 0 Å². The van der Waals surface area contributed by atoms with Gasteiger partial charge < -0.3 is 5.73 Å². The van der Waals surface area contributed by atoms with Crippen LogP contribution >= 0.6 is 11.8 Å². The van der Waals surface area contributed by atoms with E-state index in [-0.39, 0.29) is 0 Å². The Bertz CT molecular complexity index is 528. The van der Waals surface area contributed by atoms with Crippen LogP contribution in [0, 0.1) is 6.92 Å². The highest BCUT2D eigenvalue weighted by Gasteiger charge is 2.21. The molecule has 0 fully saturated rings. The van der Waals surface area contributed by atoms with Crippen LogP contribution in [0.1, 0.15) is 16.8 Å². The first-order valence-electron chi connectivity index (χ1n) is 5.27. The number of nitrogen functional groups attached to an aromatic ring is 1. The Morgan fingerprint density at radius 1 is 1.25 bits per heavy atom. The number of thioether (sulfide) groups is 1. The minimum atomic E-state index is 0.795. The van der Waals surface area contributed by atoms with E-state index in [1.807, 2.05) is 16.4 Å². The minimum absolute atomic E-state index is 0.795. The summed E-state index contributed by atoms with van der Waals surface area (Å²) in [5.74, 6) is 2.77. The van der Waals surface area contributed by atoms with E-state index in [4.69, 9.17) is 5.73 Å². The lowest BCUT2D eigenvalue weighted by molar-refractivity contribution is 0.868. The molecule has 82 valence electrons. The lowest BCUT2D eigenvalue weighted by Crippen LogP contribution is -2.03. The molecule has 0 saturated heterocycles. The first kappa shape index (κ1) is 9.78. The van der Waals surface area contributed by atoms with Gasteiger partial charge in [0.1, 0.15) is 5.82 Å². The molecule has 0 amide bonds. The molecule has 1 aliphatic heterocycles. The summed E-state index contributed by atoms with van der Waals surface area (Å²) in [7, 11) is 0. The van der Waals surface area contributed by atoms with Gasteiger partial charge >= 0.3 is 0 Å². The molecular formula is C12H13N3S. The van der Waals surface area contributed by atoms with Gasteiger partial charge in [0.2, 0.25) is 0 Å². The second-order valence-corrected chi connectivity index (χ2v) is 5.04. The largest absolute Gasteiger partial charge is 0.383 e. The van der Waals surface area contributed by atoms with Crippen molar-refractivity contribution in [1.82, 2.24) is 9.78 Å². The third-order valence-corrected chi connectivity index (χ3v) is 3.84. The van der Waals surface area contributed by atoms with Crippen LogP contribution in [0.4, 0.5) is 5.82 Å². The molecule has 2 N–H and O–H groups in total. The number of hydrogen-bond acceptors (Lipinski definition) is 3. The van der Waals surface area contributed by atoms with Crippen LogP contribution in [0.5, 0.6) is 0 Å². The zero-order valence-corrected chi connectivity index (χ0v) is 9.92. The zero-order valence-electron chi connectivity index (χ0n) is 9.10. The number of nitrogens with two attached hydrogens (primary N) is 1. The van der Waals surface area contributed by atoms with Crippen LogP contribution in [0.3, 0.4) is 0 Å². The monoisotopic (exact) mass is 231 g/mol. The molecular weight excluding hydrogens is 218 g/mol. The van der Waals surface area contributed by atoms with Crippen molar-refractivity contribution in [3.63, 3.8) is 0 Å². The predicted octanol–water partition coefficient (Wildman–Crippen LogP) is 2.51. The minimum Gasteiger partial charge on any atom is -0.383 e. The van der Waals surface area contributed by atoms with E-state index in [1.165, 1.54) is 11.1 Å². The molecule has 0 atom stereocenters. The molecule has 2 heterocycles. The maximum Gasteiger partial charge on any atom is 0.131 e. The quantitative estimate of drug-likeness (QED) is 0.820. The second kappa shape index (κ2) is 3.56. The van der Waals surface area contributed by atoms with Gasteiger partial charge in [-0.1, -0.05) is 17.7 Å². The number of aryl methyl sites for hydroxylation is 1. The van der Waals surface area contributed by atoms with E-state index in [2.05, 4.69) is 36.3 Å². The summed E-state index contributed by atoms with van der Waals surface area (Å²) in [5.41, 5.74) is 10.8. The van der Waals surface area contributed by atoms with Gasteiger partial charge in [-0.05, 0) is 19.1 Å². The molecule has 0 bridgehead atoms. The second-order valence-electron chi connectivity index (χ2n) is 4.05. The third-order valence-electron chi connectivity index (χ3n) is 2.87. The van der Waals surface area contributed by atoms with Gasteiger partial charge in [0.25, 0.3) is 0 Å². The molecule has 3 nitrogen and oxygen atoms in total. The topological polar surface area (TPSA) is 43.8 Å². The van der Waals surface area contributed by atoms with Gasteiger partial charge in [0, 0.05) is 17.1 Å². The van der Waals surface area contributed by atoms with Gasteiger partial charge in [0.15, 0.2) is 0 Å². The lowest BCUT2D eigenvalue weighted by atomic mass is 10.2. The first-order valence-corrected chi connectivity index (χ1v) is 6.42. The molecule has 1 aromatic carbocycles. The highest BCUT2D eigenvalue weighted by Crippen LogP contribution is 2.34. The smallest absolute Gasteiger partial charge is 0.131 e. The van der Waals surface area contributed by atoms with Crippen LogP contribution in [-0.2, 0) is 11.5 Å². The number of fused-ring (bicyclic) bond motifs is 1. The van der Waals surface area contributed by atoms with Crippen molar-refractivity contribution < 1.29 is 0 Å². The van der Waals surface area contributed by atoms with Crippen LogP contribution < -0.4 is 5.73 Å². The average molecular weight is 231 g/mol. The van der Waals surface area contributed by atoms with Crippen molar-refractivity contribution in [3.8, 4) is 5.69 Å². The third kappa shape index (κ3) is 1.41. The number of rotatable bonds is 1. The predicted molar refractivity (Wildman–Crippen MR) is 67.7 cm³/mol. The van der Waals surface area contributed by atoms with Crippen molar-refractivity contribution in [2.75, 3.05) is 5.73 Å². The summed E-state index contributed by atoms with van der Waals surface area (Å²) in [6.45, 7) is 2.08. The molecule has 16 heavy (non-hydrogen) atoms. The summed E-state index contributed by atoms with van der Waals surface area (Å²) in [6, 6.07) is 8.27. The fraction of sp³-hybridized carbons (Fsp3) is 0.250. The molecule has 1 aromatic heterocycles. The average Bonchev–Trinajstić information content (AvgIpc) is 2.84. The van der Waals surface area contributed by atoms with Crippen molar-refractivity contribution in [1.29, 1.82) is 0 Å². The molecule has 0 unspecified atom stereocenters. The van der Waals surface area contributed by atoms with Crippen molar-refractivity contribution in [2.24, 2.45) is 0 Å². The molecule has 1 aliphatic rings. The Balaban J connectivity index is 2.10. The number of nitrogens with zero attached hydrogens (tertiary/aromatic N) is 2. The van der Waals surface area contributed by atoms with Gasteiger partial charge in [-0.2, -0.15) is 16.9 Å². The molecule has 3 rings (SSSR count). The maximum absolute atomic E-state index is 6.11. The van der Waals surface area contributed by atoms with Crippen molar-refractivity contribution >= 4 is 17.6 Å². The van der Waals surface area contributed by atoms with Gasteiger partial charge in [-0.15, -0.1) is 0 Å². The van der Waals surface area contributed by atoms with E-state index in [0.717, 1.165) is 28.7 Å². The highest BCUT2D eigenvalue weighted by atomic mass is 32.2. The number of hydrogen-bond donors (Lipinski definition) is 1. The van der Waals surface area contributed by atoms with Crippen molar-refractivity contribution in [3.05, 3.63) is 41.1 Å². The number of anilines is 1. The molecule has 4 heteroatoms. The van der Waals surface area contributed by atoms with Gasteiger partial charge in [-0.3, -0.25) is 0 Å². The normalized spacial score (nSPS) is 14.1. The summed E-state index contributed by atoms with van der Waals surface area (Å²) in [5, 5.41) is 4.56. The first-order chi connectivity index (χ1) is 7.75. The Morgan fingerprint density at radius 2 is 2.00 bits per heavy atom. The lowest BCUT2D eigenvalue weighted by Gasteiger charge is -2.05. The molecule has 0 radical (unpaired) electrons. The van der Waals surface area contributed by atoms with E-state index < -0.39 is 0 Å². The SMILES string of the molecule is Cc1ccc(-n2nc3c(c2N)CSC3)cc1. The fourth-order valence-corrected chi connectivity index (χ4v) is 2.96. The maximum atomic E-state index is 6.11. The zero-order chi connectivity index (χ0) is 11.1. The van der Waals surface area contributed by atoms with Crippen LogP contribution in [0.15, 0.2) is 24.3 Å². The van der Waals surface area contributed by atoms with Crippen LogP contribution in [0.2, 0.25) is 0 Å². The molecule has 0 saturated carbocycles. The van der Waals surface area contributed by atoms with E-state index >= 15 is 0 Å². The van der Waals surface area contributed by atoms with Gasteiger partial charge in [0.05, 0.1) is 11.4 Å². The van der Waals surface area contributed by atoms with Crippen LogP contribution in [-0.4, -0.2) is 9.78 Å². The van der Waals surface area contributed by atoms with Crippen molar-refractivity contribution in [2.45, 2.75) is 18.4 Å². The number of benzene rings is 1. The summed E-state index contributed by atoms with van der Waals surface area (Å²) < 4.78 is 1.85. The van der Waals surface area contributed by atoms with Crippen LogP contribution in [0.25, 0.3) is 5.69 Å². The molecule has 0 aliphatic carbocycles. The summed E-state index contributed by atoms with van der Waals surface area (Å²) in [4.78, 5) is 0. The fourth-order valence-electron chi connectivity index (χ4n) is 1.92. The Labute approximate surface area is 98.6 Å². The van der Waals surface area contributed by atoms with Gasteiger partial charge in [-0.25, -0.2) is 4.68 Å². The Morgan fingerprint density at radius 3 is 2.69 bits per heavy atom. The standard InChI is InChI=1S/C12H13N3S/c1-8-2-4-9(5-3-8)15-12(13)10-6-16-7-11(10)14-15/h2-5H,6-7,13H2,1H3. The molecule has 0 spiro atoms. The Kier molecular flexibility index (Phi) is 2.17. The van der Waals surface area contributed by atoms with E-state index in [0.29, 0.717) is 0 Å². The highest BCUT2D eigenvalue weighted by molar-refractivity contribution is 7.98. The summed E-state index contributed by atoms with van der Waals surface area (Å²) in [6.07, 6.45) is 0.